The van der Waals surface area contributed by atoms with E-state index in [2.05, 4.69) is 47.7 Å². The van der Waals surface area contributed by atoms with Crippen molar-refractivity contribution in [1.29, 1.82) is 0 Å². The molecule has 3 rings (SSSR count). The van der Waals surface area contributed by atoms with Crippen LogP contribution in [0.3, 0.4) is 0 Å². The number of anilines is 1. The lowest BCUT2D eigenvalue weighted by atomic mass is 10.1. The number of aryl methyl sites for hydroxylation is 2. The number of carbonyl (C=O) groups excluding carboxylic acids is 1. The van der Waals surface area contributed by atoms with E-state index in [4.69, 9.17) is 0 Å². The summed E-state index contributed by atoms with van der Waals surface area (Å²) in [4.78, 5) is 16.2. The average Bonchev–Trinajstić information content (AvgIpc) is 2.62. The molecule has 1 heterocycles. The van der Waals surface area contributed by atoms with Crippen LogP contribution in [0.25, 0.3) is 0 Å². The maximum Gasteiger partial charge on any atom is 0.255 e. The largest absolute Gasteiger partial charge is 0.321 e. The first kappa shape index (κ1) is 17.8. The fourth-order valence-electron chi connectivity index (χ4n) is 2.94. The van der Waals surface area contributed by atoms with Gasteiger partial charge in [-0.15, -0.1) is 0 Å². The van der Waals surface area contributed by atoms with Gasteiger partial charge in [-0.2, -0.15) is 0 Å². The van der Waals surface area contributed by atoms with Crippen molar-refractivity contribution in [3.05, 3.63) is 94.8 Å². The summed E-state index contributed by atoms with van der Waals surface area (Å²) in [5.41, 5.74) is 6.32. The van der Waals surface area contributed by atoms with E-state index in [1.54, 1.807) is 18.5 Å². The SMILES string of the molecule is Cc1cc(C)cc(CNCc2ccc(C(=O)Nc3cccnc3)cc2)c1. The molecule has 0 spiro atoms. The van der Waals surface area contributed by atoms with E-state index in [1.807, 2.05) is 30.3 Å². The second-order valence-corrected chi connectivity index (χ2v) is 6.49. The molecule has 0 aliphatic heterocycles. The van der Waals surface area contributed by atoms with E-state index >= 15 is 0 Å². The Balaban J connectivity index is 1.53. The minimum atomic E-state index is -0.132. The molecule has 0 aliphatic rings. The molecule has 0 radical (unpaired) electrons. The molecule has 1 aromatic heterocycles. The zero-order chi connectivity index (χ0) is 18.4. The van der Waals surface area contributed by atoms with Crippen molar-refractivity contribution in [2.24, 2.45) is 0 Å². The fraction of sp³-hybridized carbons (Fsp3) is 0.182. The molecular formula is C22H23N3O. The highest BCUT2D eigenvalue weighted by molar-refractivity contribution is 6.04. The van der Waals surface area contributed by atoms with E-state index < -0.39 is 0 Å². The Morgan fingerprint density at radius 1 is 0.923 bits per heavy atom. The summed E-state index contributed by atoms with van der Waals surface area (Å²) < 4.78 is 0. The van der Waals surface area contributed by atoms with Gasteiger partial charge in [0.2, 0.25) is 0 Å². The van der Waals surface area contributed by atoms with Crippen LogP contribution in [0.15, 0.2) is 67.0 Å². The molecule has 0 bridgehead atoms. The second kappa shape index (κ2) is 8.41. The summed E-state index contributed by atoms with van der Waals surface area (Å²) in [6.45, 7) is 5.82. The number of rotatable bonds is 6. The van der Waals surface area contributed by atoms with Crippen molar-refractivity contribution >= 4 is 11.6 Å². The number of nitrogens with zero attached hydrogens (tertiary/aromatic N) is 1. The fourth-order valence-corrected chi connectivity index (χ4v) is 2.94. The monoisotopic (exact) mass is 345 g/mol. The molecule has 26 heavy (non-hydrogen) atoms. The molecule has 4 nitrogen and oxygen atoms in total. The van der Waals surface area contributed by atoms with Crippen molar-refractivity contribution in [3.63, 3.8) is 0 Å². The topological polar surface area (TPSA) is 54.0 Å². The van der Waals surface area contributed by atoms with Gasteiger partial charge >= 0.3 is 0 Å². The number of pyridine rings is 1. The van der Waals surface area contributed by atoms with E-state index in [0.29, 0.717) is 11.3 Å². The van der Waals surface area contributed by atoms with Gasteiger partial charge in [-0.25, -0.2) is 0 Å². The lowest BCUT2D eigenvalue weighted by Crippen LogP contribution is -2.14. The summed E-state index contributed by atoms with van der Waals surface area (Å²) in [5.74, 6) is -0.132. The number of benzene rings is 2. The molecule has 0 fully saturated rings. The Kier molecular flexibility index (Phi) is 5.77. The van der Waals surface area contributed by atoms with Crippen molar-refractivity contribution in [2.45, 2.75) is 26.9 Å². The lowest BCUT2D eigenvalue weighted by molar-refractivity contribution is 0.102. The van der Waals surface area contributed by atoms with Crippen LogP contribution in [0.2, 0.25) is 0 Å². The van der Waals surface area contributed by atoms with Gasteiger partial charge in [0.15, 0.2) is 0 Å². The Morgan fingerprint density at radius 3 is 2.27 bits per heavy atom. The van der Waals surface area contributed by atoms with Crippen molar-refractivity contribution in [3.8, 4) is 0 Å². The van der Waals surface area contributed by atoms with Gasteiger partial charge in [0.25, 0.3) is 5.91 Å². The van der Waals surface area contributed by atoms with Crippen LogP contribution in [0.1, 0.15) is 32.6 Å². The highest BCUT2D eigenvalue weighted by atomic mass is 16.1. The molecule has 2 N–H and O–H groups in total. The number of amides is 1. The van der Waals surface area contributed by atoms with E-state index in [9.17, 15) is 4.79 Å². The molecule has 0 aliphatic carbocycles. The van der Waals surface area contributed by atoms with Gasteiger partial charge in [0, 0.05) is 24.8 Å². The average molecular weight is 345 g/mol. The van der Waals surface area contributed by atoms with Crippen LogP contribution in [-0.4, -0.2) is 10.9 Å². The van der Waals surface area contributed by atoms with Crippen molar-refractivity contribution < 1.29 is 4.79 Å². The normalized spacial score (nSPS) is 10.5. The number of carbonyl (C=O) groups is 1. The number of hydrogen-bond donors (Lipinski definition) is 2. The maximum absolute atomic E-state index is 12.2. The molecular weight excluding hydrogens is 322 g/mol. The van der Waals surface area contributed by atoms with Gasteiger partial charge in [-0.3, -0.25) is 9.78 Å². The molecule has 0 atom stereocenters. The van der Waals surface area contributed by atoms with Crippen molar-refractivity contribution in [1.82, 2.24) is 10.3 Å². The van der Waals surface area contributed by atoms with Crippen LogP contribution in [-0.2, 0) is 13.1 Å². The Morgan fingerprint density at radius 2 is 1.62 bits per heavy atom. The Hall–Kier alpha value is -2.98. The van der Waals surface area contributed by atoms with Crippen LogP contribution in [0, 0.1) is 13.8 Å². The smallest absolute Gasteiger partial charge is 0.255 e. The first-order chi connectivity index (χ1) is 12.6. The van der Waals surface area contributed by atoms with Crippen LogP contribution in [0.5, 0.6) is 0 Å². The third-order valence-corrected chi connectivity index (χ3v) is 4.08. The lowest BCUT2D eigenvalue weighted by Gasteiger charge is -2.08. The second-order valence-electron chi connectivity index (χ2n) is 6.49. The first-order valence-corrected chi connectivity index (χ1v) is 8.68. The molecule has 4 heteroatoms. The molecule has 3 aromatic rings. The summed E-state index contributed by atoms with van der Waals surface area (Å²) >= 11 is 0. The van der Waals surface area contributed by atoms with Gasteiger partial charge in [-0.05, 0) is 49.2 Å². The Bertz CT molecular complexity index is 853. The van der Waals surface area contributed by atoms with Gasteiger partial charge in [-0.1, -0.05) is 41.5 Å². The minimum absolute atomic E-state index is 0.132. The van der Waals surface area contributed by atoms with E-state index in [-0.39, 0.29) is 5.91 Å². The van der Waals surface area contributed by atoms with Gasteiger partial charge < -0.3 is 10.6 Å². The van der Waals surface area contributed by atoms with E-state index in [0.717, 1.165) is 18.7 Å². The minimum Gasteiger partial charge on any atom is -0.321 e. The van der Waals surface area contributed by atoms with Crippen LogP contribution < -0.4 is 10.6 Å². The third kappa shape index (κ3) is 5.01. The Labute approximate surface area is 154 Å². The zero-order valence-corrected chi connectivity index (χ0v) is 15.1. The summed E-state index contributed by atoms with van der Waals surface area (Å²) in [7, 11) is 0. The standard InChI is InChI=1S/C22H23N3O/c1-16-10-17(2)12-19(11-16)14-24-13-18-5-7-20(8-6-18)22(26)25-21-4-3-9-23-15-21/h3-12,15,24H,13-14H2,1-2H3,(H,25,26). The van der Waals surface area contributed by atoms with Gasteiger partial charge in [0.05, 0.1) is 11.9 Å². The molecule has 0 unspecified atom stereocenters. The van der Waals surface area contributed by atoms with Gasteiger partial charge in [0.1, 0.15) is 0 Å². The summed E-state index contributed by atoms with van der Waals surface area (Å²) in [5, 5.41) is 6.29. The zero-order valence-electron chi connectivity index (χ0n) is 15.1. The quantitative estimate of drug-likeness (QED) is 0.702. The molecule has 132 valence electrons. The number of nitrogens with one attached hydrogen (secondary N) is 2. The molecule has 0 saturated carbocycles. The number of aromatic nitrogens is 1. The van der Waals surface area contributed by atoms with Crippen LogP contribution >= 0.6 is 0 Å². The highest BCUT2D eigenvalue weighted by Gasteiger charge is 2.06. The van der Waals surface area contributed by atoms with Crippen molar-refractivity contribution in [2.75, 3.05) is 5.32 Å². The predicted octanol–water partition coefficient (Wildman–Crippen LogP) is 4.24. The molecule has 2 aromatic carbocycles. The van der Waals surface area contributed by atoms with Crippen LogP contribution in [0.4, 0.5) is 5.69 Å². The van der Waals surface area contributed by atoms with E-state index in [1.165, 1.54) is 16.7 Å². The third-order valence-electron chi connectivity index (χ3n) is 4.08. The molecule has 1 amide bonds. The highest BCUT2D eigenvalue weighted by Crippen LogP contribution is 2.11. The number of hydrogen-bond acceptors (Lipinski definition) is 3. The summed E-state index contributed by atoms with van der Waals surface area (Å²) in [6.07, 6.45) is 3.30. The summed E-state index contributed by atoms with van der Waals surface area (Å²) in [6, 6.07) is 17.8. The maximum atomic E-state index is 12.2. The predicted molar refractivity (Wildman–Crippen MR) is 105 cm³/mol. The first-order valence-electron chi connectivity index (χ1n) is 8.68. The molecule has 0 saturated heterocycles.